The van der Waals surface area contributed by atoms with Gasteiger partial charge in [0.05, 0.1) is 22.3 Å². The molecule has 0 radical (unpaired) electrons. The highest BCUT2D eigenvalue weighted by molar-refractivity contribution is 8.01. The van der Waals surface area contributed by atoms with E-state index in [0.29, 0.717) is 60.8 Å². The van der Waals surface area contributed by atoms with Gasteiger partial charge in [-0.25, -0.2) is 13.2 Å². The summed E-state index contributed by atoms with van der Waals surface area (Å²) in [5, 5.41) is 23.9. The minimum absolute atomic E-state index is 0.220. The fourth-order valence-electron chi connectivity index (χ4n) is 9.77. The van der Waals surface area contributed by atoms with Gasteiger partial charge in [-0.3, -0.25) is 0 Å². The quantitative estimate of drug-likeness (QED) is 0.0492. The van der Waals surface area contributed by atoms with Gasteiger partial charge in [0.1, 0.15) is 0 Å². The third-order valence-corrected chi connectivity index (χ3v) is 17.6. The number of piperidine rings is 1. The van der Waals surface area contributed by atoms with Crippen LogP contribution in [0.5, 0.6) is 0 Å². The number of carboxylic acids is 1. The summed E-state index contributed by atoms with van der Waals surface area (Å²) in [6.45, 7) is 9.55. The first-order valence-corrected chi connectivity index (χ1v) is 27.5. The van der Waals surface area contributed by atoms with Crippen molar-refractivity contribution in [2.75, 3.05) is 66.1 Å². The number of aliphatic hydroxyl groups is 1. The number of hydrogen-bond acceptors (Lipinski definition) is 11. The number of nitrogens with one attached hydrogen (secondary N) is 2. The number of alkyl halides is 3. The van der Waals surface area contributed by atoms with Gasteiger partial charge in [-0.2, -0.15) is 13.2 Å². The zero-order valence-electron chi connectivity index (χ0n) is 39.2. The Morgan fingerprint density at radius 3 is 2.16 bits per heavy atom. The maximum Gasteiger partial charge on any atom is 0.501 e. The van der Waals surface area contributed by atoms with Gasteiger partial charge in [0.15, 0.2) is 0 Å². The van der Waals surface area contributed by atoms with Gasteiger partial charge in [-0.1, -0.05) is 60.1 Å². The van der Waals surface area contributed by atoms with E-state index in [1.165, 1.54) is 18.0 Å². The Balaban J connectivity index is 0.908. The monoisotopic (exact) mass is 1040 g/mol. The fraction of sp³-hybridized carbons (Fsp3) is 0.404. The molecule has 0 amide bonds. The summed E-state index contributed by atoms with van der Waals surface area (Å²) < 4.78 is 74.5. The van der Waals surface area contributed by atoms with E-state index in [-0.39, 0.29) is 24.1 Å². The number of aliphatic hydroxyl groups excluding tert-OH is 1. The average Bonchev–Trinajstić information content (AvgIpc) is 3.67. The van der Waals surface area contributed by atoms with Crippen molar-refractivity contribution in [1.82, 2.24) is 14.8 Å². The Bertz CT molecular complexity index is 2710. The Hall–Kier alpha value is -4.62. The molecule has 0 spiro atoms. The summed E-state index contributed by atoms with van der Waals surface area (Å²) in [4.78, 5) is 20.0. The van der Waals surface area contributed by atoms with Crippen LogP contribution in [0, 0.1) is 6.92 Å². The number of thioether (sulfide) groups is 1. The average molecular weight is 1040 g/mol. The predicted octanol–water partition coefficient (Wildman–Crippen LogP) is 10.8. The van der Waals surface area contributed by atoms with Crippen molar-refractivity contribution in [2.45, 2.75) is 86.3 Å². The summed E-state index contributed by atoms with van der Waals surface area (Å²) in [7, 11) is -5.62. The molecule has 3 aliphatic rings. The van der Waals surface area contributed by atoms with Crippen LogP contribution >= 0.6 is 35.3 Å². The number of likely N-dealkylation sites (tertiary alicyclic amines) is 1. The van der Waals surface area contributed by atoms with E-state index >= 15 is 0 Å². The Labute approximate surface area is 422 Å². The number of carbonyl (C=O) groups is 1. The van der Waals surface area contributed by atoms with Gasteiger partial charge in [0, 0.05) is 107 Å². The Morgan fingerprint density at radius 2 is 1.51 bits per heavy atom. The molecule has 11 nitrogen and oxygen atoms in total. The molecule has 2 saturated heterocycles. The molecular formula is C52H60ClF3N6O5S3. The van der Waals surface area contributed by atoms with Crippen molar-refractivity contribution in [3.63, 3.8) is 0 Å². The van der Waals surface area contributed by atoms with E-state index in [0.717, 1.165) is 78.0 Å². The second kappa shape index (κ2) is 22.9. The van der Waals surface area contributed by atoms with Gasteiger partial charge in [0.2, 0.25) is 0 Å². The maximum absolute atomic E-state index is 14.3. The molecule has 1 aromatic heterocycles. The molecule has 374 valence electrons. The van der Waals surface area contributed by atoms with Crippen molar-refractivity contribution < 1.29 is 36.6 Å². The van der Waals surface area contributed by atoms with Crippen LogP contribution in [0.1, 0.15) is 55.1 Å². The second-order valence-electron chi connectivity index (χ2n) is 18.1. The van der Waals surface area contributed by atoms with Crippen LogP contribution in [0.25, 0.3) is 22.4 Å². The molecule has 1 aliphatic carbocycles. The van der Waals surface area contributed by atoms with Gasteiger partial charge >= 0.3 is 11.5 Å². The fourth-order valence-corrected chi connectivity index (χ4v) is 13.0. The Kier molecular flexibility index (Phi) is 16.9. The zero-order chi connectivity index (χ0) is 49.6. The van der Waals surface area contributed by atoms with Crippen LogP contribution in [0.2, 0.25) is 5.02 Å². The predicted molar refractivity (Wildman–Crippen MR) is 280 cm³/mol. The maximum atomic E-state index is 14.3. The van der Waals surface area contributed by atoms with E-state index in [9.17, 15) is 36.6 Å². The van der Waals surface area contributed by atoms with Crippen molar-refractivity contribution >= 4 is 68.2 Å². The van der Waals surface area contributed by atoms with Crippen LogP contribution in [-0.4, -0.2) is 115 Å². The number of aromatic carboxylic acids is 1. The van der Waals surface area contributed by atoms with Crippen LogP contribution in [0.3, 0.4) is 0 Å². The third-order valence-electron chi connectivity index (χ3n) is 13.5. The lowest BCUT2D eigenvalue weighted by Crippen LogP contribution is -2.48. The van der Waals surface area contributed by atoms with Crippen molar-refractivity contribution in [1.29, 1.82) is 0 Å². The first-order chi connectivity index (χ1) is 33.6. The second-order valence-corrected chi connectivity index (χ2v) is 22.6. The minimum atomic E-state index is -5.62. The van der Waals surface area contributed by atoms with E-state index in [1.54, 1.807) is 11.8 Å². The topological polar surface area (TPSA) is 130 Å². The third kappa shape index (κ3) is 12.2. The number of halogens is 4. The Morgan fingerprint density at radius 1 is 0.843 bits per heavy atom. The number of benzene rings is 4. The molecule has 0 bridgehead atoms. The highest BCUT2D eigenvalue weighted by Gasteiger charge is 2.51. The lowest BCUT2D eigenvalue weighted by molar-refractivity contribution is -0.0429. The first kappa shape index (κ1) is 51.7. The number of nitrogens with zero attached hydrogens (tertiary/aromatic N) is 4. The van der Waals surface area contributed by atoms with Crippen LogP contribution in [-0.2, 0) is 16.4 Å². The smallest absolute Gasteiger partial charge is 0.478 e. The molecule has 2 unspecified atom stereocenters. The highest BCUT2D eigenvalue weighted by Crippen LogP contribution is 2.42. The number of anilines is 3. The van der Waals surface area contributed by atoms with Gasteiger partial charge < -0.3 is 39.5 Å². The number of sulfone groups is 1. The molecule has 18 heteroatoms. The van der Waals surface area contributed by atoms with E-state index in [1.807, 2.05) is 109 Å². The van der Waals surface area contributed by atoms with Gasteiger partial charge in [-0.05, 0) is 136 Å². The van der Waals surface area contributed by atoms with E-state index in [2.05, 4.69) is 36.9 Å². The SMILES string of the molecule is CCn1c(C)c(C(=O)O)c(-c2cccc(N3CCN(c4ccc(NSC5C=C(S(=O)(=O)C(F)(F)F)C(N[C@H](CCN6CCC(O)CC6)CSc6ccccc6)CC5)cc4)CC3)c2)c1-c1ccc(Cl)cc1. The molecule has 3 atom stereocenters. The normalized spacial score (nSPS) is 19.0. The largest absolute Gasteiger partial charge is 0.501 e. The molecule has 2 aliphatic heterocycles. The summed E-state index contributed by atoms with van der Waals surface area (Å²) in [5.41, 5.74) is 1.50. The molecule has 3 heterocycles. The molecule has 70 heavy (non-hydrogen) atoms. The van der Waals surface area contributed by atoms with E-state index < -0.39 is 37.5 Å². The molecule has 5 aromatic rings. The zero-order valence-corrected chi connectivity index (χ0v) is 42.5. The van der Waals surface area contributed by atoms with Crippen molar-refractivity contribution in [2.24, 2.45) is 0 Å². The molecule has 0 saturated carbocycles. The molecule has 8 rings (SSSR count). The standard InChI is InChI=1S/C52H60ClF3N6O5S3/c1-3-62-35(2)48(51(64)65)49(50(62)36-12-14-38(53)15-13-36)37-8-7-9-42(32-37)61-30-28-60(29-31-61)41-18-16-39(17-19-41)58-69-45-20-21-46(47(33-45)70(66,67)52(54,55)56)57-40(34-68-44-10-5-4-6-11-44)22-25-59-26-23-43(63)24-27-59/h4-19,32-33,40,43,45-46,57-58,63H,3,20-31,34H2,1-2H3,(H,64,65)/t40-,45?,46?/m1/s1. The molecule has 4 aromatic carbocycles. The number of hydrogen-bond donors (Lipinski definition) is 4. The molecular weight excluding hydrogens is 977 g/mol. The van der Waals surface area contributed by atoms with Crippen molar-refractivity contribution in [3.05, 3.63) is 130 Å². The van der Waals surface area contributed by atoms with Crippen LogP contribution in [0.15, 0.2) is 119 Å². The minimum Gasteiger partial charge on any atom is -0.478 e. The van der Waals surface area contributed by atoms with Gasteiger partial charge in [0.25, 0.3) is 9.84 Å². The summed E-state index contributed by atoms with van der Waals surface area (Å²) >= 11 is 9.03. The number of rotatable bonds is 18. The summed E-state index contributed by atoms with van der Waals surface area (Å²) in [5.74, 6) is -0.429. The summed E-state index contributed by atoms with van der Waals surface area (Å²) in [6, 6.07) is 31.9. The summed E-state index contributed by atoms with van der Waals surface area (Å²) in [6.07, 6.45) is 3.61. The van der Waals surface area contributed by atoms with E-state index in [4.69, 9.17) is 11.6 Å². The first-order valence-electron chi connectivity index (χ1n) is 23.8. The highest BCUT2D eigenvalue weighted by atomic mass is 35.5. The van der Waals surface area contributed by atoms with Crippen LogP contribution < -0.4 is 19.8 Å². The van der Waals surface area contributed by atoms with Gasteiger partial charge in [-0.15, -0.1) is 11.8 Å². The number of carboxylic acid groups (broad SMARTS) is 1. The molecule has 2 fully saturated rings. The number of aromatic nitrogens is 1. The molecule has 4 N–H and O–H groups in total. The number of piperazine rings is 1. The lowest BCUT2D eigenvalue weighted by atomic mass is 9.96. The lowest BCUT2D eigenvalue weighted by Gasteiger charge is -2.37. The van der Waals surface area contributed by atoms with Crippen LogP contribution in [0.4, 0.5) is 30.2 Å². The van der Waals surface area contributed by atoms with Crippen molar-refractivity contribution in [3.8, 4) is 22.4 Å².